The number of amides is 1. The molecule has 0 saturated carbocycles. The van der Waals surface area contributed by atoms with Crippen LogP contribution in [-0.2, 0) is 0 Å². The van der Waals surface area contributed by atoms with Crippen molar-refractivity contribution in [2.45, 2.75) is 6.42 Å². The maximum Gasteiger partial charge on any atom is 0.264 e. The monoisotopic (exact) mass is 461 g/mol. The second-order valence-corrected chi connectivity index (χ2v) is 8.84. The van der Waals surface area contributed by atoms with Crippen LogP contribution >= 0.6 is 11.3 Å². The molecule has 0 atom stereocenters. The van der Waals surface area contributed by atoms with Crippen LogP contribution in [0.5, 0.6) is 0 Å². The molecular weight excluding hydrogens is 437 g/mol. The summed E-state index contributed by atoms with van der Waals surface area (Å²) in [5.41, 5.74) is 9.65. The lowest BCUT2D eigenvalue weighted by atomic mass is 9.99. The van der Waals surface area contributed by atoms with Crippen molar-refractivity contribution < 1.29 is 9.18 Å². The molecule has 4 rings (SSSR count). The second-order valence-electron chi connectivity index (χ2n) is 7.79. The number of halogens is 1. The Morgan fingerprint density at radius 3 is 2.79 bits per heavy atom. The molecule has 6 nitrogen and oxygen atoms in total. The standard InChI is InChI=1S/C25H24FN5OS/c1-29-15-19-11-17(5-6-22(19)28)24-20(16-3-4-18(14-27)21(26)12-16)13-23(33-24)25(32)31-9-2-7-30-8-10-31/h3-6,11-13,15,30H,2,7-10,28H2,1H3. The normalized spacial score (nSPS) is 14.3. The van der Waals surface area contributed by atoms with Crippen molar-refractivity contribution in [2.24, 2.45) is 4.99 Å². The Hall–Kier alpha value is -3.54. The Kier molecular flexibility index (Phi) is 6.82. The zero-order valence-corrected chi connectivity index (χ0v) is 19.1. The molecule has 2 heterocycles. The third-order valence-corrected chi connectivity index (χ3v) is 6.76. The number of hydrogen-bond acceptors (Lipinski definition) is 6. The molecule has 0 bridgehead atoms. The van der Waals surface area contributed by atoms with Gasteiger partial charge in [-0.25, -0.2) is 4.39 Å². The number of nitriles is 1. The topological polar surface area (TPSA) is 94.5 Å². The number of rotatable bonds is 4. The lowest BCUT2D eigenvalue weighted by molar-refractivity contribution is 0.0771. The maximum atomic E-state index is 14.5. The summed E-state index contributed by atoms with van der Waals surface area (Å²) in [6.07, 6.45) is 2.58. The van der Waals surface area contributed by atoms with E-state index in [-0.39, 0.29) is 11.5 Å². The minimum absolute atomic E-state index is 0.0159. The number of carbonyl (C=O) groups is 1. The average molecular weight is 462 g/mol. The molecule has 1 fully saturated rings. The summed E-state index contributed by atoms with van der Waals surface area (Å²) in [4.78, 5) is 20.7. The summed E-state index contributed by atoms with van der Waals surface area (Å²) >= 11 is 1.38. The first kappa shape index (κ1) is 22.6. The van der Waals surface area contributed by atoms with E-state index in [1.54, 1.807) is 25.4 Å². The highest BCUT2D eigenvalue weighted by Gasteiger charge is 2.23. The van der Waals surface area contributed by atoms with E-state index in [0.29, 0.717) is 29.2 Å². The SMILES string of the molecule is CN=Cc1cc(-c2sc(C(=O)N3CCCNCC3)cc2-c2ccc(C#N)c(F)c2)ccc1N. The van der Waals surface area contributed by atoms with Gasteiger partial charge < -0.3 is 16.0 Å². The van der Waals surface area contributed by atoms with E-state index < -0.39 is 5.82 Å². The van der Waals surface area contributed by atoms with Crippen LogP contribution in [0.4, 0.5) is 10.1 Å². The number of aliphatic imine (C=N–C) groups is 1. The van der Waals surface area contributed by atoms with Gasteiger partial charge in [-0.3, -0.25) is 9.79 Å². The first-order valence-corrected chi connectivity index (χ1v) is 11.5. The number of nitrogens with one attached hydrogen (secondary N) is 1. The lowest BCUT2D eigenvalue weighted by Crippen LogP contribution is -2.33. The fraction of sp³-hybridized carbons (Fsp3) is 0.240. The Labute approximate surface area is 196 Å². The summed E-state index contributed by atoms with van der Waals surface area (Å²) in [5.74, 6) is -0.620. The van der Waals surface area contributed by atoms with Crippen LogP contribution < -0.4 is 11.1 Å². The van der Waals surface area contributed by atoms with Gasteiger partial charge in [-0.05, 0) is 54.4 Å². The quantitative estimate of drug-likeness (QED) is 0.451. The molecule has 33 heavy (non-hydrogen) atoms. The fourth-order valence-electron chi connectivity index (χ4n) is 3.87. The Bertz CT molecular complexity index is 1250. The molecule has 1 aromatic heterocycles. The zero-order chi connectivity index (χ0) is 23.4. The van der Waals surface area contributed by atoms with Crippen LogP contribution in [0.2, 0.25) is 0 Å². The number of nitrogens with zero attached hydrogens (tertiary/aromatic N) is 3. The molecule has 3 N–H and O–H groups in total. The maximum absolute atomic E-state index is 14.5. The number of thiophene rings is 1. The van der Waals surface area contributed by atoms with Gasteiger partial charge in [-0.2, -0.15) is 5.26 Å². The largest absolute Gasteiger partial charge is 0.398 e. The minimum Gasteiger partial charge on any atom is -0.398 e. The number of carbonyl (C=O) groups excluding carboxylic acids is 1. The van der Waals surface area contributed by atoms with Gasteiger partial charge >= 0.3 is 0 Å². The molecule has 0 radical (unpaired) electrons. The minimum atomic E-state index is -0.588. The summed E-state index contributed by atoms with van der Waals surface area (Å²) < 4.78 is 14.5. The first-order valence-electron chi connectivity index (χ1n) is 10.7. The second kappa shape index (κ2) is 9.94. The van der Waals surface area contributed by atoms with Crippen molar-refractivity contribution in [2.75, 3.05) is 39.0 Å². The van der Waals surface area contributed by atoms with Crippen LogP contribution in [0.1, 0.15) is 27.2 Å². The van der Waals surface area contributed by atoms with Gasteiger partial charge in [0.25, 0.3) is 5.91 Å². The average Bonchev–Trinajstić information content (AvgIpc) is 3.08. The summed E-state index contributed by atoms with van der Waals surface area (Å²) in [7, 11) is 1.68. The predicted molar refractivity (Wildman–Crippen MR) is 131 cm³/mol. The number of nitrogens with two attached hydrogens (primary N) is 1. The van der Waals surface area contributed by atoms with Crippen molar-refractivity contribution in [3.8, 4) is 27.6 Å². The van der Waals surface area contributed by atoms with E-state index in [1.165, 1.54) is 23.5 Å². The molecule has 3 aromatic rings. The third kappa shape index (κ3) is 4.80. The molecule has 2 aromatic carbocycles. The Morgan fingerprint density at radius 2 is 2.03 bits per heavy atom. The van der Waals surface area contributed by atoms with Crippen molar-refractivity contribution in [3.63, 3.8) is 0 Å². The van der Waals surface area contributed by atoms with Crippen molar-refractivity contribution >= 4 is 29.1 Å². The van der Waals surface area contributed by atoms with Gasteiger partial charge in [0.1, 0.15) is 11.9 Å². The Morgan fingerprint density at radius 1 is 1.21 bits per heavy atom. The van der Waals surface area contributed by atoms with Crippen molar-refractivity contribution in [1.29, 1.82) is 5.26 Å². The third-order valence-electron chi connectivity index (χ3n) is 5.59. The van der Waals surface area contributed by atoms with Gasteiger partial charge in [-0.1, -0.05) is 12.1 Å². The van der Waals surface area contributed by atoms with E-state index in [0.717, 1.165) is 41.1 Å². The molecule has 1 aliphatic rings. The van der Waals surface area contributed by atoms with Gasteiger partial charge in [0.2, 0.25) is 0 Å². The van der Waals surface area contributed by atoms with Crippen LogP contribution in [0, 0.1) is 17.1 Å². The lowest BCUT2D eigenvalue weighted by Gasteiger charge is -2.18. The van der Waals surface area contributed by atoms with Gasteiger partial charge in [0.05, 0.1) is 10.4 Å². The highest BCUT2D eigenvalue weighted by Crippen LogP contribution is 2.41. The van der Waals surface area contributed by atoms with Gasteiger partial charge in [-0.15, -0.1) is 11.3 Å². The fourth-order valence-corrected chi connectivity index (χ4v) is 5.01. The van der Waals surface area contributed by atoms with E-state index in [4.69, 9.17) is 11.0 Å². The van der Waals surface area contributed by atoms with Gasteiger partial charge in [0.15, 0.2) is 0 Å². The molecule has 1 amide bonds. The van der Waals surface area contributed by atoms with Crippen molar-refractivity contribution in [3.05, 3.63) is 64.3 Å². The van der Waals surface area contributed by atoms with Crippen LogP contribution in [0.3, 0.4) is 0 Å². The van der Waals surface area contributed by atoms with Crippen LogP contribution in [0.15, 0.2) is 47.5 Å². The van der Waals surface area contributed by atoms with Crippen LogP contribution in [-0.4, -0.2) is 50.2 Å². The van der Waals surface area contributed by atoms with E-state index in [1.807, 2.05) is 29.2 Å². The van der Waals surface area contributed by atoms with Gasteiger partial charge in [0, 0.05) is 54.6 Å². The van der Waals surface area contributed by atoms with Crippen molar-refractivity contribution in [1.82, 2.24) is 10.2 Å². The Balaban J connectivity index is 1.83. The van der Waals surface area contributed by atoms with E-state index in [9.17, 15) is 9.18 Å². The predicted octanol–water partition coefficient (Wildman–Crippen LogP) is 4.16. The molecule has 0 spiro atoms. The first-order chi connectivity index (χ1) is 16.0. The smallest absolute Gasteiger partial charge is 0.264 e. The van der Waals surface area contributed by atoms with Crippen LogP contribution in [0.25, 0.3) is 21.6 Å². The molecule has 1 aliphatic heterocycles. The number of anilines is 1. The van der Waals surface area contributed by atoms with E-state index >= 15 is 0 Å². The molecule has 168 valence electrons. The zero-order valence-electron chi connectivity index (χ0n) is 18.3. The molecule has 8 heteroatoms. The molecular formula is C25H24FN5OS. The number of hydrogen-bond donors (Lipinski definition) is 2. The summed E-state index contributed by atoms with van der Waals surface area (Å²) in [5, 5.41) is 12.4. The number of benzene rings is 2. The summed E-state index contributed by atoms with van der Waals surface area (Å²) in [6.45, 7) is 2.99. The molecule has 0 aliphatic carbocycles. The molecule has 1 saturated heterocycles. The molecule has 0 unspecified atom stereocenters. The number of nitrogen functional groups attached to an aromatic ring is 1. The summed E-state index contributed by atoms with van der Waals surface area (Å²) in [6, 6.07) is 13.8. The highest BCUT2D eigenvalue weighted by atomic mass is 32.1. The van der Waals surface area contributed by atoms with E-state index in [2.05, 4.69) is 10.3 Å². The highest BCUT2D eigenvalue weighted by molar-refractivity contribution is 7.18.